The monoisotopic (exact) mass is 437 g/mol. The number of rotatable bonds is 7. The summed E-state index contributed by atoms with van der Waals surface area (Å²) in [4.78, 5) is 6.50. The second-order valence-corrected chi connectivity index (χ2v) is 9.21. The topological polar surface area (TPSA) is 109 Å². The molecule has 166 valence electrons. The van der Waals surface area contributed by atoms with Crippen molar-refractivity contribution in [1.29, 1.82) is 0 Å². The first-order chi connectivity index (χ1) is 14.4. The molecule has 11 heteroatoms. The van der Waals surface area contributed by atoms with Gasteiger partial charge in [0.25, 0.3) is 0 Å². The Morgan fingerprint density at radius 1 is 1.23 bits per heavy atom. The van der Waals surface area contributed by atoms with Crippen molar-refractivity contribution in [1.82, 2.24) is 29.5 Å². The number of sulfonamides is 1. The SMILES string of the molecule is CCc1nn(C)c(CC)c1CNC(=NC)N1CCN(S(=O)(=O)Cc2ccon2)CC1. The molecule has 0 amide bonds. The van der Waals surface area contributed by atoms with Crippen molar-refractivity contribution in [3.8, 4) is 0 Å². The lowest BCUT2D eigenvalue weighted by Crippen LogP contribution is -2.53. The molecule has 3 heterocycles. The molecule has 0 spiro atoms. The van der Waals surface area contributed by atoms with Crippen LogP contribution in [0.2, 0.25) is 0 Å². The van der Waals surface area contributed by atoms with Crippen LogP contribution < -0.4 is 5.32 Å². The Hall–Kier alpha value is -2.40. The number of nitrogens with zero attached hydrogens (tertiary/aromatic N) is 6. The minimum atomic E-state index is -3.42. The first-order valence-corrected chi connectivity index (χ1v) is 11.9. The summed E-state index contributed by atoms with van der Waals surface area (Å²) < 4.78 is 33.5. The number of aryl methyl sites for hydroxylation is 2. The molecule has 0 radical (unpaired) electrons. The number of hydrogen-bond donors (Lipinski definition) is 1. The Morgan fingerprint density at radius 3 is 2.53 bits per heavy atom. The quantitative estimate of drug-likeness (QED) is 0.503. The molecular weight excluding hydrogens is 406 g/mol. The summed E-state index contributed by atoms with van der Waals surface area (Å²) in [5, 5.41) is 11.8. The Bertz CT molecular complexity index is 959. The molecule has 3 rings (SSSR count). The zero-order valence-corrected chi connectivity index (χ0v) is 18.9. The van der Waals surface area contributed by atoms with E-state index in [2.05, 4.69) is 39.3 Å². The first kappa shape index (κ1) is 22.3. The summed E-state index contributed by atoms with van der Waals surface area (Å²) in [6.07, 6.45) is 3.18. The average molecular weight is 438 g/mol. The van der Waals surface area contributed by atoms with Gasteiger partial charge in [-0.15, -0.1) is 0 Å². The van der Waals surface area contributed by atoms with Crippen LogP contribution in [-0.2, 0) is 42.2 Å². The summed E-state index contributed by atoms with van der Waals surface area (Å²) in [7, 11) is 0.312. The van der Waals surface area contributed by atoms with Gasteiger partial charge in [-0.1, -0.05) is 19.0 Å². The molecule has 1 fully saturated rings. The van der Waals surface area contributed by atoms with Gasteiger partial charge in [0.05, 0.1) is 11.4 Å². The zero-order chi connectivity index (χ0) is 21.7. The van der Waals surface area contributed by atoms with Crippen molar-refractivity contribution in [2.75, 3.05) is 33.2 Å². The van der Waals surface area contributed by atoms with Gasteiger partial charge in [-0.3, -0.25) is 9.67 Å². The molecule has 2 aromatic heterocycles. The van der Waals surface area contributed by atoms with Gasteiger partial charge < -0.3 is 14.7 Å². The lowest BCUT2D eigenvalue weighted by Gasteiger charge is -2.35. The number of aliphatic imine (C=N–C) groups is 1. The van der Waals surface area contributed by atoms with Crippen LogP contribution in [-0.4, -0.2) is 71.7 Å². The highest BCUT2D eigenvalue weighted by Crippen LogP contribution is 2.16. The summed E-state index contributed by atoms with van der Waals surface area (Å²) >= 11 is 0. The van der Waals surface area contributed by atoms with E-state index in [4.69, 9.17) is 4.52 Å². The molecule has 1 N–H and O–H groups in total. The normalized spacial score (nSPS) is 16.3. The molecule has 30 heavy (non-hydrogen) atoms. The molecule has 0 bridgehead atoms. The molecule has 1 saturated heterocycles. The van der Waals surface area contributed by atoms with Crippen molar-refractivity contribution in [2.45, 2.75) is 39.0 Å². The molecule has 2 aromatic rings. The van der Waals surface area contributed by atoms with E-state index in [0.717, 1.165) is 24.5 Å². The fraction of sp³-hybridized carbons (Fsp3) is 0.632. The Morgan fingerprint density at radius 2 is 1.97 bits per heavy atom. The van der Waals surface area contributed by atoms with Gasteiger partial charge in [0.2, 0.25) is 10.0 Å². The molecule has 0 saturated carbocycles. The van der Waals surface area contributed by atoms with E-state index in [9.17, 15) is 8.42 Å². The van der Waals surface area contributed by atoms with Crippen LogP contribution in [0.15, 0.2) is 21.8 Å². The van der Waals surface area contributed by atoms with Gasteiger partial charge in [0, 0.05) is 64.1 Å². The van der Waals surface area contributed by atoms with Crippen LogP contribution in [0.5, 0.6) is 0 Å². The van der Waals surface area contributed by atoms with Crippen LogP contribution >= 0.6 is 0 Å². The van der Waals surface area contributed by atoms with Crippen molar-refractivity contribution in [2.24, 2.45) is 12.0 Å². The molecule has 1 aliphatic rings. The van der Waals surface area contributed by atoms with Crippen molar-refractivity contribution in [3.05, 3.63) is 35.0 Å². The zero-order valence-electron chi connectivity index (χ0n) is 18.1. The Kier molecular flexibility index (Phi) is 7.14. The standard InChI is InChI=1S/C19H31N7O3S/c1-5-17-16(18(6-2)24(4)22-17)13-21-19(20-3)25-8-10-26(11-9-25)30(27,28)14-15-7-12-29-23-15/h7,12H,5-6,8-11,13-14H2,1-4H3,(H,20,21). The van der Waals surface area contributed by atoms with Crippen LogP contribution in [0.25, 0.3) is 0 Å². The van der Waals surface area contributed by atoms with Crippen LogP contribution in [0.4, 0.5) is 0 Å². The molecule has 0 atom stereocenters. The van der Waals surface area contributed by atoms with Crippen LogP contribution in [0, 0.1) is 0 Å². The molecular formula is C19H31N7O3S. The molecule has 0 aromatic carbocycles. The van der Waals surface area contributed by atoms with Gasteiger partial charge in [0.1, 0.15) is 12.0 Å². The number of piperazine rings is 1. The minimum Gasteiger partial charge on any atom is -0.364 e. The lowest BCUT2D eigenvalue weighted by molar-refractivity contribution is 0.259. The fourth-order valence-electron chi connectivity index (χ4n) is 3.86. The third-order valence-corrected chi connectivity index (χ3v) is 7.23. The highest BCUT2D eigenvalue weighted by atomic mass is 32.2. The predicted molar refractivity (Wildman–Crippen MR) is 114 cm³/mol. The van der Waals surface area contributed by atoms with Gasteiger partial charge in [0.15, 0.2) is 5.96 Å². The molecule has 0 unspecified atom stereocenters. The summed E-state index contributed by atoms with van der Waals surface area (Å²) in [6, 6.07) is 1.58. The van der Waals surface area contributed by atoms with E-state index in [1.54, 1.807) is 13.1 Å². The summed E-state index contributed by atoms with van der Waals surface area (Å²) in [5.41, 5.74) is 3.96. The van der Waals surface area contributed by atoms with E-state index in [1.165, 1.54) is 21.8 Å². The fourth-order valence-corrected chi connectivity index (χ4v) is 5.29. The van der Waals surface area contributed by atoms with Gasteiger partial charge in [-0.25, -0.2) is 8.42 Å². The van der Waals surface area contributed by atoms with E-state index in [1.807, 2.05) is 11.7 Å². The third kappa shape index (κ3) is 4.84. The number of aromatic nitrogens is 3. The largest absolute Gasteiger partial charge is 0.364 e. The van der Waals surface area contributed by atoms with E-state index >= 15 is 0 Å². The maximum Gasteiger partial charge on any atom is 0.220 e. The summed E-state index contributed by atoms with van der Waals surface area (Å²) in [6.45, 7) is 6.87. The average Bonchev–Trinajstić information content (AvgIpc) is 3.35. The maximum atomic E-state index is 12.6. The van der Waals surface area contributed by atoms with E-state index in [-0.39, 0.29) is 5.75 Å². The summed E-state index contributed by atoms with van der Waals surface area (Å²) in [5.74, 6) is 0.633. The minimum absolute atomic E-state index is 0.142. The van der Waals surface area contributed by atoms with Gasteiger partial charge in [-0.05, 0) is 12.8 Å². The van der Waals surface area contributed by atoms with Gasteiger partial charge in [-0.2, -0.15) is 9.40 Å². The van der Waals surface area contributed by atoms with Crippen molar-refractivity contribution < 1.29 is 12.9 Å². The Balaban J connectivity index is 1.59. The van der Waals surface area contributed by atoms with Crippen molar-refractivity contribution >= 4 is 16.0 Å². The number of hydrogen-bond acceptors (Lipinski definition) is 6. The van der Waals surface area contributed by atoms with Crippen LogP contribution in [0.3, 0.4) is 0 Å². The van der Waals surface area contributed by atoms with Crippen LogP contribution in [0.1, 0.15) is 36.5 Å². The van der Waals surface area contributed by atoms with Crippen molar-refractivity contribution in [3.63, 3.8) is 0 Å². The second kappa shape index (κ2) is 9.61. The second-order valence-electron chi connectivity index (χ2n) is 7.24. The molecule has 1 aliphatic heterocycles. The first-order valence-electron chi connectivity index (χ1n) is 10.3. The van der Waals surface area contributed by atoms with E-state index in [0.29, 0.717) is 38.4 Å². The molecule has 0 aliphatic carbocycles. The number of nitrogens with one attached hydrogen (secondary N) is 1. The lowest BCUT2D eigenvalue weighted by atomic mass is 10.1. The van der Waals surface area contributed by atoms with Gasteiger partial charge >= 0.3 is 0 Å². The third-order valence-electron chi connectivity index (χ3n) is 5.42. The highest BCUT2D eigenvalue weighted by molar-refractivity contribution is 7.88. The predicted octanol–water partition coefficient (Wildman–Crippen LogP) is 0.756. The number of guanidine groups is 1. The smallest absolute Gasteiger partial charge is 0.220 e. The highest BCUT2D eigenvalue weighted by Gasteiger charge is 2.29. The molecule has 10 nitrogen and oxygen atoms in total. The Labute approximate surface area is 178 Å². The van der Waals surface area contributed by atoms with E-state index < -0.39 is 10.0 Å². The maximum absolute atomic E-state index is 12.6.